The van der Waals surface area contributed by atoms with Crippen molar-refractivity contribution in [3.63, 3.8) is 0 Å². The summed E-state index contributed by atoms with van der Waals surface area (Å²) >= 11 is 7.45. The quantitative estimate of drug-likeness (QED) is 0.553. The number of thiazole rings is 1. The van der Waals surface area contributed by atoms with Gasteiger partial charge in [0.2, 0.25) is 0 Å². The molecule has 0 fully saturated rings. The van der Waals surface area contributed by atoms with Gasteiger partial charge in [-0.15, -0.1) is 0 Å². The number of benzene rings is 1. The third kappa shape index (κ3) is 5.06. The molecule has 1 heterocycles. The summed E-state index contributed by atoms with van der Waals surface area (Å²) in [7, 11) is 1.82. The van der Waals surface area contributed by atoms with Crippen molar-refractivity contribution in [3.8, 4) is 0 Å². The molecule has 1 aromatic heterocycles. The molecular weight excluding hydrogens is 358 g/mol. The number of aliphatic hydroxyl groups excluding tert-OH is 1. The lowest BCUT2D eigenvalue weighted by Gasteiger charge is -2.07. The van der Waals surface area contributed by atoms with Crippen molar-refractivity contribution in [3.05, 3.63) is 57.8 Å². The van der Waals surface area contributed by atoms with Crippen LogP contribution in [0, 0.1) is 6.92 Å². The number of nitrogens with two attached hydrogens (primary N) is 1. The van der Waals surface area contributed by atoms with E-state index in [2.05, 4.69) is 27.2 Å². The molecule has 0 radical (unpaired) electrons. The highest BCUT2D eigenvalue weighted by Gasteiger charge is 2.08. The minimum atomic E-state index is -0.133. The van der Waals surface area contributed by atoms with Crippen LogP contribution < -0.4 is 16.4 Å². The van der Waals surface area contributed by atoms with E-state index in [4.69, 9.17) is 17.3 Å². The van der Waals surface area contributed by atoms with Gasteiger partial charge in [0.15, 0.2) is 5.13 Å². The largest absolute Gasteiger partial charge is 0.397 e. The normalized spacial score (nSPS) is 11.8. The standard InChI is InChI=1S/C17H20ClN5OS/c1-10-16(25-17(20-3)22-10)15(19)6-7-21-11(2)23-13-4-5-14(18)12(8-13)9-24/h4-8,23-24H,2,9,19H2,1,3H3,(H,20,22)/b15-6-,21-7-. The zero-order valence-corrected chi connectivity index (χ0v) is 15.6. The summed E-state index contributed by atoms with van der Waals surface area (Å²) in [6.45, 7) is 5.61. The molecule has 0 bridgehead atoms. The van der Waals surface area contributed by atoms with Gasteiger partial charge in [-0.3, -0.25) is 0 Å². The first-order valence-corrected chi connectivity index (χ1v) is 8.64. The predicted molar refractivity (Wildman–Crippen MR) is 107 cm³/mol. The van der Waals surface area contributed by atoms with Crippen LogP contribution in [0.5, 0.6) is 0 Å². The van der Waals surface area contributed by atoms with Crippen LogP contribution in [0.15, 0.2) is 41.7 Å². The number of rotatable bonds is 7. The van der Waals surface area contributed by atoms with Crippen LogP contribution in [-0.4, -0.2) is 23.4 Å². The van der Waals surface area contributed by atoms with Crippen molar-refractivity contribution in [2.45, 2.75) is 13.5 Å². The number of halogens is 1. The Hall–Kier alpha value is -2.35. The summed E-state index contributed by atoms with van der Waals surface area (Å²) in [4.78, 5) is 9.46. The summed E-state index contributed by atoms with van der Waals surface area (Å²) < 4.78 is 0. The highest BCUT2D eigenvalue weighted by molar-refractivity contribution is 7.16. The van der Waals surface area contributed by atoms with Gasteiger partial charge in [-0.05, 0) is 36.8 Å². The SMILES string of the molecule is C=C(/N=C\C=C(/N)c1sc(NC)nc1C)Nc1ccc(Cl)c(CO)c1. The molecule has 6 nitrogen and oxygen atoms in total. The van der Waals surface area contributed by atoms with E-state index in [0.29, 0.717) is 22.1 Å². The van der Waals surface area contributed by atoms with Crippen LogP contribution in [-0.2, 0) is 6.61 Å². The van der Waals surface area contributed by atoms with Crippen LogP contribution in [0.3, 0.4) is 0 Å². The van der Waals surface area contributed by atoms with Crippen LogP contribution in [0.2, 0.25) is 5.02 Å². The molecular formula is C17H20ClN5OS. The molecule has 0 aliphatic rings. The lowest BCUT2D eigenvalue weighted by molar-refractivity contribution is 0.282. The molecule has 0 amide bonds. The molecule has 132 valence electrons. The predicted octanol–water partition coefficient (Wildman–Crippen LogP) is 3.59. The minimum Gasteiger partial charge on any atom is -0.397 e. The van der Waals surface area contributed by atoms with E-state index in [9.17, 15) is 5.11 Å². The number of aromatic nitrogens is 1. The molecule has 0 spiro atoms. The lowest BCUT2D eigenvalue weighted by Crippen LogP contribution is -1.98. The number of aliphatic hydroxyl groups is 1. The van der Waals surface area contributed by atoms with E-state index in [1.807, 2.05) is 14.0 Å². The van der Waals surface area contributed by atoms with E-state index < -0.39 is 0 Å². The van der Waals surface area contributed by atoms with Gasteiger partial charge in [0.1, 0.15) is 5.82 Å². The van der Waals surface area contributed by atoms with Crippen LogP contribution in [0.25, 0.3) is 5.70 Å². The number of nitrogens with one attached hydrogen (secondary N) is 2. The Morgan fingerprint density at radius 2 is 2.28 bits per heavy atom. The van der Waals surface area contributed by atoms with Crippen molar-refractivity contribution < 1.29 is 5.11 Å². The Balaban J connectivity index is 2.03. The first-order chi connectivity index (χ1) is 11.9. The highest BCUT2D eigenvalue weighted by Crippen LogP contribution is 2.26. The average molecular weight is 378 g/mol. The van der Waals surface area contributed by atoms with E-state index in [1.54, 1.807) is 30.5 Å². The van der Waals surface area contributed by atoms with Crippen molar-refractivity contribution in [1.82, 2.24) is 4.98 Å². The number of aryl methyl sites for hydroxylation is 1. The van der Waals surface area contributed by atoms with Crippen molar-refractivity contribution >= 4 is 45.7 Å². The summed E-state index contributed by atoms with van der Waals surface area (Å²) in [5.41, 5.74) is 8.90. The van der Waals surface area contributed by atoms with Gasteiger partial charge in [0.05, 0.1) is 22.9 Å². The van der Waals surface area contributed by atoms with Crippen molar-refractivity contribution in [2.24, 2.45) is 10.7 Å². The first-order valence-electron chi connectivity index (χ1n) is 7.45. The number of nitrogens with zero attached hydrogens (tertiary/aromatic N) is 2. The molecule has 1 aromatic carbocycles. The van der Waals surface area contributed by atoms with Gasteiger partial charge in [-0.1, -0.05) is 29.5 Å². The molecule has 5 N–H and O–H groups in total. The van der Waals surface area contributed by atoms with Gasteiger partial charge in [0.25, 0.3) is 0 Å². The van der Waals surface area contributed by atoms with Gasteiger partial charge >= 0.3 is 0 Å². The maximum Gasteiger partial charge on any atom is 0.183 e. The zero-order valence-electron chi connectivity index (χ0n) is 14.0. The number of anilines is 2. The molecule has 8 heteroatoms. The maximum atomic E-state index is 9.24. The molecule has 2 rings (SSSR count). The molecule has 0 aliphatic carbocycles. The Kier molecular flexibility index (Phi) is 6.58. The summed E-state index contributed by atoms with van der Waals surface area (Å²) in [6.07, 6.45) is 3.28. The van der Waals surface area contributed by atoms with Gasteiger partial charge < -0.3 is 21.5 Å². The second-order valence-electron chi connectivity index (χ2n) is 5.12. The second-order valence-corrected chi connectivity index (χ2v) is 6.53. The molecule has 0 atom stereocenters. The fourth-order valence-corrected chi connectivity index (χ4v) is 3.06. The molecule has 0 saturated carbocycles. The van der Waals surface area contributed by atoms with Gasteiger partial charge in [-0.2, -0.15) is 0 Å². The fraction of sp³-hybridized carbons (Fsp3) is 0.176. The third-order valence-corrected chi connectivity index (χ3v) is 4.85. The smallest absolute Gasteiger partial charge is 0.183 e. The molecule has 0 saturated heterocycles. The Bertz CT molecular complexity index is 828. The zero-order chi connectivity index (χ0) is 18.4. The Labute approximate surface area is 155 Å². The summed E-state index contributed by atoms with van der Waals surface area (Å²) in [5, 5.41) is 16.6. The van der Waals surface area contributed by atoms with E-state index >= 15 is 0 Å². The summed E-state index contributed by atoms with van der Waals surface area (Å²) in [6, 6.07) is 5.23. The number of hydrogen-bond acceptors (Lipinski definition) is 7. The topological polar surface area (TPSA) is 95.6 Å². The lowest BCUT2D eigenvalue weighted by atomic mass is 10.2. The van der Waals surface area contributed by atoms with Crippen molar-refractivity contribution in [2.75, 3.05) is 17.7 Å². The van der Waals surface area contributed by atoms with Crippen molar-refractivity contribution in [1.29, 1.82) is 0 Å². The number of hydrogen-bond donors (Lipinski definition) is 4. The monoisotopic (exact) mass is 377 g/mol. The average Bonchev–Trinajstić information content (AvgIpc) is 2.97. The number of allylic oxidation sites excluding steroid dienone is 1. The van der Waals surface area contributed by atoms with Gasteiger partial charge in [0, 0.05) is 24.0 Å². The Morgan fingerprint density at radius 1 is 1.52 bits per heavy atom. The van der Waals surface area contributed by atoms with Crippen LogP contribution in [0.1, 0.15) is 16.1 Å². The van der Waals surface area contributed by atoms with Gasteiger partial charge in [-0.25, -0.2) is 9.98 Å². The Morgan fingerprint density at radius 3 is 2.92 bits per heavy atom. The second kappa shape index (κ2) is 8.66. The van der Waals surface area contributed by atoms with E-state index in [0.717, 1.165) is 21.4 Å². The number of aliphatic imine (C=N–C) groups is 1. The highest BCUT2D eigenvalue weighted by atomic mass is 35.5. The fourth-order valence-electron chi connectivity index (χ4n) is 2.03. The molecule has 0 aliphatic heterocycles. The van der Waals surface area contributed by atoms with E-state index in [-0.39, 0.29) is 6.61 Å². The van der Waals surface area contributed by atoms with Crippen LogP contribution in [0.4, 0.5) is 10.8 Å². The molecule has 2 aromatic rings. The maximum absolute atomic E-state index is 9.24. The first kappa shape index (κ1) is 19.0. The summed E-state index contributed by atoms with van der Waals surface area (Å²) in [5.74, 6) is 0.437. The molecule has 0 unspecified atom stereocenters. The molecule has 25 heavy (non-hydrogen) atoms. The minimum absolute atomic E-state index is 0.133. The third-order valence-electron chi connectivity index (χ3n) is 3.26. The van der Waals surface area contributed by atoms with Crippen LogP contribution >= 0.6 is 22.9 Å². The van der Waals surface area contributed by atoms with E-state index in [1.165, 1.54) is 11.3 Å².